The molecular formula is C8H10O2. The molecule has 0 radical (unpaired) electrons. The Hall–Kier alpha value is -0.630. The third-order valence-corrected chi connectivity index (χ3v) is 2.47. The van der Waals surface area contributed by atoms with E-state index in [1.807, 2.05) is 6.08 Å². The average molecular weight is 138 g/mol. The molecule has 0 bridgehead atoms. The van der Waals surface area contributed by atoms with Gasteiger partial charge in [0.2, 0.25) is 0 Å². The summed E-state index contributed by atoms with van der Waals surface area (Å²) in [5.74, 6) is 0.153. The summed E-state index contributed by atoms with van der Waals surface area (Å²) in [6.07, 6.45) is 4.71. The Bertz CT molecular complexity index is 217. The number of rotatable bonds is 0. The molecule has 0 heterocycles. The standard InChI is InChI=1S/C8H10O2/c9-7-3-5-8(10)4-1-2-6(7)8/h2,10H,1,3-5H2. The topological polar surface area (TPSA) is 37.3 Å². The molecule has 0 saturated heterocycles. The first-order valence-corrected chi connectivity index (χ1v) is 3.69. The number of Topliss-reactive ketones (excluding diaryl/α,β-unsaturated/α-hetero) is 1. The fraction of sp³-hybridized carbons (Fsp3) is 0.625. The molecule has 1 atom stereocenters. The maximum Gasteiger partial charge on any atom is 0.161 e. The molecule has 1 unspecified atom stereocenters. The first kappa shape index (κ1) is 6.10. The molecule has 0 aromatic rings. The zero-order chi connectivity index (χ0) is 7.19. The van der Waals surface area contributed by atoms with Crippen LogP contribution in [0.4, 0.5) is 0 Å². The minimum absolute atomic E-state index is 0.153. The molecule has 1 fully saturated rings. The summed E-state index contributed by atoms with van der Waals surface area (Å²) < 4.78 is 0. The highest BCUT2D eigenvalue weighted by atomic mass is 16.3. The number of carbonyl (C=O) groups excluding carboxylic acids is 1. The van der Waals surface area contributed by atoms with Crippen molar-refractivity contribution in [1.29, 1.82) is 0 Å². The van der Waals surface area contributed by atoms with Gasteiger partial charge in [-0.25, -0.2) is 0 Å². The lowest BCUT2D eigenvalue weighted by atomic mass is 9.99. The molecule has 10 heavy (non-hydrogen) atoms. The van der Waals surface area contributed by atoms with Crippen LogP contribution in [0.2, 0.25) is 0 Å². The van der Waals surface area contributed by atoms with Crippen molar-refractivity contribution >= 4 is 5.78 Å². The van der Waals surface area contributed by atoms with Crippen LogP contribution >= 0.6 is 0 Å². The number of aliphatic hydroxyl groups is 1. The SMILES string of the molecule is O=C1CCC2(O)CCC=C12. The van der Waals surface area contributed by atoms with E-state index >= 15 is 0 Å². The summed E-state index contributed by atoms with van der Waals surface area (Å²) in [6, 6.07) is 0. The number of hydrogen-bond donors (Lipinski definition) is 1. The predicted molar refractivity (Wildman–Crippen MR) is 36.5 cm³/mol. The Morgan fingerprint density at radius 1 is 1.50 bits per heavy atom. The monoisotopic (exact) mass is 138 g/mol. The highest BCUT2D eigenvalue weighted by Gasteiger charge is 2.43. The van der Waals surface area contributed by atoms with Gasteiger partial charge >= 0.3 is 0 Å². The number of fused-ring (bicyclic) bond motifs is 1. The van der Waals surface area contributed by atoms with Crippen LogP contribution in [-0.4, -0.2) is 16.5 Å². The molecule has 0 amide bonds. The van der Waals surface area contributed by atoms with E-state index in [0.29, 0.717) is 18.4 Å². The zero-order valence-electron chi connectivity index (χ0n) is 5.76. The second-order valence-electron chi connectivity index (χ2n) is 3.11. The largest absolute Gasteiger partial charge is 0.385 e. The Labute approximate surface area is 59.5 Å². The highest BCUT2D eigenvalue weighted by Crippen LogP contribution is 2.40. The van der Waals surface area contributed by atoms with Gasteiger partial charge in [0.25, 0.3) is 0 Å². The van der Waals surface area contributed by atoms with Crippen molar-refractivity contribution in [2.24, 2.45) is 0 Å². The molecule has 0 aliphatic heterocycles. The van der Waals surface area contributed by atoms with Gasteiger partial charge in [-0.1, -0.05) is 6.08 Å². The molecule has 0 spiro atoms. The van der Waals surface area contributed by atoms with Crippen molar-refractivity contribution in [3.8, 4) is 0 Å². The summed E-state index contributed by atoms with van der Waals surface area (Å²) in [5, 5.41) is 9.71. The van der Waals surface area contributed by atoms with Crippen molar-refractivity contribution in [2.45, 2.75) is 31.3 Å². The second kappa shape index (κ2) is 1.70. The van der Waals surface area contributed by atoms with Crippen molar-refractivity contribution in [3.63, 3.8) is 0 Å². The fourth-order valence-electron chi connectivity index (χ4n) is 1.87. The van der Waals surface area contributed by atoms with Crippen molar-refractivity contribution in [3.05, 3.63) is 11.6 Å². The van der Waals surface area contributed by atoms with E-state index in [1.54, 1.807) is 0 Å². The van der Waals surface area contributed by atoms with Gasteiger partial charge in [0, 0.05) is 12.0 Å². The van der Waals surface area contributed by atoms with E-state index in [4.69, 9.17) is 0 Å². The maximum atomic E-state index is 11.0. The van der Waals surface area contributed by atoms with Crippen LogP contribution in [0.15, 0.2) is 11.6 Å². The maximum absolute atomic E-state index is 11.0. The molecule has 54 valence electrons. The van der Waals surface area contributed by atoms with Gasteiger partial charge in [0.1, 0.15) is 0 Å². The molecule has 2 aliphatic rings. The summed E-state index contributed by atoms with van der Waals surface area (Å²) in [5.41, 5.74) is -0.0237. The summed E-state index contributed by atoms with van der Waals surface area (Å²) in [6.45, 7) is 0. The molecule has 0 aromatic heterocycles. The van der Waals surface area contributed by atoms with Crippen molar-refractivity contribution in [1.82, 2.24) is 0 Å². The van der Waals surface area contributed by atoms with E-state index in [2.05, 4.69) is 0 Å². The van der Waals surface area contributed by atoms with Crippen LogP contribution in [0.3, 0.4) is 0 Å². The molecule has 1 N–H and O–H groups in total. The van der Waals surface area contributed by atoms with Crippen LogP contribution in [-0.2, 0) is 4.79 Å². The molecular weight excluding hydrogens is 128 g/mol. The lowest BCUT2D eigenvalue weighted by Crippen LogP contribution is -2.23. The molecule has 1 saturated carbocycles. The summed E-state index contributed by atoms with van der Waals surface area (Å²) >= 11 is 0. The Kier molecular flexibility index (Phi) is 1.04. The third-order valence-electron chi connectivity index (χ3n) is 2.47. The predicted octanol–water partition coefficient (Wildman–Crippen LogP) is 0.801. The normalized spacial score (nSPS) is 38.1. The van der Waals surface area contributed by atoms with Gasteiger partial charge in [-0.3, -0.25) is 4.79 Å². The first-order valence-electron chi connectivity index (χ1n) is 3.69. The summed E-state index contributed by atoms with van der Waals surface area (Å²) in [4.78, 5) is 11.0. The molecule has 2 nitrogen and oxygen atoms in total. The lowest BCUT2D eigenvalue weighted by Gasteiger charge is -2.16. The minimum Gasteiger partial charge on any atom is -0.385 e. The average Bonchev–Trinajstić information content (AvgIpc) is 2.35. The van der Waals surface area contributed by atoms with Crippen LogP contribution in [0, 0.1) is 0 Å². The van der Waals surface area contributed by atoms with Gasteiger partial charge in [-0.2, -0.15) is 0 Å². The van der Waals surface area contributed by atoms with E-state index in [-0.39, 0.29) is 5.78 Å². The molecule has 0 aromatic carbocycles. The van der Waals surface area contributed by atoms with Crippen LogP contribution in [0.1, 0.15) is 25.7 Å². The van der Waals surface area contributed by atoms with Gasteiger partial charge in [0.05, 0.1) is 5.60 Å². The smallest absolute Gasteiger partial charge is 0.161 e. The zero-order valence-corrected chi connectivity index (χ0v) is 5.76. The molecule has 2 heteroatoms. The quantitative estimate of drug-likeness (QED) is 0.537. The third kappa shape index (κ3) is 0.598. The van der Waals surface area contributed by atoms with Crippen LogP contribution in [0.25, 0.3) is 0 Å². The van der Waals surface area contributed by atoms with E-state index in [9.17, 15) is 9.90 Å². The minimum atomic E-state index is -0.711. The van der Waals surface area contributed by atoms with Gasteiger partial charge in [0.15, 0.2) is 5.78 Å². The van der Waals surface area contributed by atoms with Gasteiger partial charge < -0.3 is 5.11 Å². The number of allylic oxidation sites excluding steroid dienone is 1. The Morgan fingerprint density at radius 3 is 3.00 bits per heavy atom. The highest BCUT2D eigenvalue weighted by molar-refractivity contribution is 6.00. The molecule has 2 rings (SSSR count). The van der Waals surface area contributed by atoms with Crippen LogP contribution in [0.5, 0.6) is 0 Å². The van der Waals surface area contributed by atoms with E-state index in [1.165, 1.54) is 0 Å². The summed E-state index contributed by atoms with van der Waals surface area (Å²) in [7, 11) is 0. The van der Waals surface area contributed by atoms with Crippen molar-refractivity contribution < 1.29 is 9.90 Å². The second-order valence-corrected chi connectivity index (χ2v) is 3.11. The lowest BCUT2D eigenvalue weighted by molar-refractivity contribution is -0.114. The number of carbonyl (C=O) groups is 1. The number of hydrogen-bond acceptors (Lipinski definition) is 2. The van der Waals surface area contributed by atoms with Crippen molar-refractivity contribution in [2.75, 3.05) is 0 Å². The first-order chi connectivity index (χ1) is 4.72. The Morgan fingerprint density at radius 2 is 2.30 bits per heavy atom. The van der Waals surface area contributed by atoms with Crippen LogP contribution < -0.4 is 0 Å². The fourth-order valence-corrected chi connectivity index (χ4v) is 1.87. The van der Waals surface area contributed by atoms with Gasteiger partial charge in [-0.05, 0) is 19.3 Å². The molecule has 2 aliphatic carbocycles. The van der Waals surface area contributed by atoms with E-state index in [0.717, 1.165) is 12.8 Å². The van der Waals surface area contributed by atoms with E-state index < -0.39 is 5.60 Å². The Balaban J connectivity index is 2.41. The number of ketones is 1. The van der Waals surface area contributed by atoms with Gasteiger partial charge in [-0.15, -0.1) is 0 Å².